The number of nitrogens with zero attached hydrogens (tertiary/aromatic N) is 3. The summed E-state index contributed by atoms with van der Waals surface area (Å²) in [6.45, 7) is 1.47. The zero-order valence-corrected chi connectivity index (χ0v) is 22.6. The van der Waals surface area contributed by atoms with E-state index < -0.39 is 28.7 Å². The summed E-state index contributed by atoms with van der Waals surface area (Å²) in [5, 5.41) is 21.2. The lowest BCUT2D eigenvalue weighted by Gasteiger charge is -2.39. The Morgan fingerprint density at radius 3 is 2.32 bits per heavy atom. The number of alkyl halides is 3. The number of rotatable bonds is 5. The summed E-state index contributed by atoms with van der Waals surface area (Å²) in [4.78, 5) is 21.5. The highest BCUT2D eigenvalue weighted by Crippen LogP contribution is 2.55. The Hall–Kier alpha value is -3.92. The second-order valence-electron chi connectivity index (χ2n) is 11.8. The molecule has 41 heavy (non-hydrogen) atoms. The van der Waals surface area contributed by atoms with Crippen LogP contribution < -0.4 is 5.73 Å². The van der Waals surface area contributed by atoms with E-state index in [2.05, 4.69) is 4.98 Å². The number of halogens is 3. The first-order valence-electron chi connectivity index (χ1n) is 13.7. The number of aliphatic carboxylic acids is 1. The van der Waals surface area contributed by atoms with Crippen LogP contribution in [0.1, 0.15) is 74.4 Å². The SMILES string of the molecule is CC(O)(c1ccc(-c2nc(C34CCCC(C(=O)O)(CC3)CC4)n3ccnc(N)c23)cc1)c1cccc(C(F)(F)F)c1. The first kappa shape index (κ1) is 27.3. The number of benzene rings is 2. The van der Waals surface area contributed by atoms with Crippen molar-refractivity contribution >= 4 is 17.3 Å². The minimum atomic E-state index is -4.52. The predicted molar refractivity (Wildman–Crippen MR) is 147 cm³/mol. The molecule has 1 atom stereocenters. The molecule has 2 aromatic carbocycles. The second kappa shape index (κ2) is 9.30. The summed E-state index contributed by atoms with van der Waals surface area (Å²) >= 11 is 0. The Kier molecular flexibility index (Phi) is 6.19. The highest BCUT2D eigenvalue weighted by molar-refractivity contribution is 5.85. The lowest BCUT2D eigenvalue weighted by Crippen LogP contribution is -2.39. The van der Waals surface area contributed by atoms with Gasteiger partial charge in [-0.2, -0.15) is 13.2 Å². The number of carboxylic acids is 1. The smallest absolute Gasteiger partial charge is 0.416 e. The van der Waals surface area contributed by atoms with Gasteiger partial charge in [0.1, 0.15) is 28.5 Å². The van der Waals surface area contributed by atoms with Crippen molar-refractivity contribution in [2.24, 2.45) is 5.41 Å². The number of hydrogen-bond acceptors (Lipinski definition) is 5. The molecule has 7 nitrogen and oxygen atoms in total. The van der Waals surface area contributed by atoms with Gasteiger partial charge in [0, 0.05) is 23.4 Å². The van der Waals surface area contributed by atoms with Crippen molar-refractivity contribution in [2.45, 2.75) is 69.1 Å². The molecule has 0 amide bonds. The molecule has 3 aliphatic rings. The van der Waals surface area contributed by atoms with Gasteiger partial charge in [-0.1, -0.05) is 42.8 Å². The van der Waals surface area contributed by atoms with Crippen molar-refractivity contribution in [1.82, 2.24) is 14.4 Å². The van der Waals surface area contributed by atoms with Gasteiger partial charge in [0.25, 0.3) is 0 Å². The number of aliphatic hydroxyl groups is 1. The maximum absolute atomic E-state index is 13.3. The quantitative estimate of drug-likeness (QED) is 0.261. The normalized spacial score (nSPS) is 24.2. The first-order chi connectivity index (χ1) is 19.4. The van der Waals surface area contributed by atoms with E-state index in [0.717, 1.165) is 49.2 Å². The van der Waals surface area contributed by atoms with Gasteiger partial charge < -0.3 is 15.9 Å². The van der Waals surface area contributed by atoms with Crippen LogP contribution in [0.15, 0.2) is 60.9 Å². The highest BCUT2D eigenvalue weighted by Gasteiger charge is 2.52. The molecule has 0 radical (unpaired) electrons. The van der Waals surface area contributed by atoms with Crippen LogP contribution in [-0.4, -0.2) is 30.6 Å². The van der Waals surface area contributed by atoms with E-state index in [-0.39, 0.29) is 11.0 Å². The maximum Gasteiger partial charge on any atom is 0.416 e. The number of carboxylic acid groups (broad SMARTS) is 1. The molecule has 2 heterocycles. The summed E-state index contributed by atoms with van der Waals surface area (Å²) in [6.07, 6.45) is 3.90. The zero-order chi connectivity index (χ0) is 29.2. The lowest BCUT2D eigenvalue weighted by atomic mass is 9.65. The molecule has 0 aliphatic heterocycles. The third-order valence-corrected chi connectivity index (χ3v) is 9.46. The van der Waals surface area contributed by atoms with E-state index in [1.54, 1.807) is 30.5 Å². The van der Waals surface area contributed by atoms with Crippen molar-refractivity contribution in [1.29, 1.82) is 0 Å². The average molecular weight is 565 g/mol. The predicted octanol–water partition coefficient (Wildman–Crippen LogP) is 6.32. The number of nitrogens with two attached hydrogens (primary N) is 1. The fraction of sp³-hybridized carbons (Fsp3) is 0.387. The number of nitrogen functional groups attached to an aromatic ring is 1. The van der Waals surface area contributed by atoms with Crippen molar-refractivity contribution in [3.05, 3.63) is 83.4 Å². The number of fused-ring (bicyclic) bond motifs is 5. The van der Waals surface area contributed by atoms with Crippen LogP contribution in [0.5, 0.6) is 0 Å². The van der Waals surface area contributed by atoms with Crippen molar-refractivity contribution in [3.8, 4) is 11.3 Å². The van der Waals surface area contributed by atoms with E-state index in [9.17, 15) is 28.2 Å². The van der Waals surface area contributed by atoms with Crippen LogP contribution in [0.3, 0.4) is 0 Å². The van der Waals surface area contributed by atoms with Gasteiger partial charge in [0.2, 0.25) is 0 Å². The van der Waals surface area contributed by atoms with Gasteiger partial charge in [-0.3, -0.25) is 9.20 Å². The third kappa shape index (κ3) is 4.36. The number of aromatic nitrogens is 3. The molecule has 1 unspecified atom stereocenters. The van der Waals surface area contributed by atoms with E-state index >= 15 is 0 Å². The molecular formula is C31H31F3N4O3. The van der Waals surface area contributed by atoms with Crippen LogP contribution in [0, 0.1) is 5.41 Å². The molecule has 2 aromatic heterocycles. The molecular weight excluding hydrogens is 533 g/mol. The van der Waals surface area contributed by atoms with Crippen LogP contribution in [0.25, 0.3) is 16.8 Å². The fourth-order valence-electron chi connectivity index (χ4n) is 6.89. The van der Waals surface area contributed by atoms with Crippen LogP contribution in [-0.2, 0) is 22.0 Å². The first-order valence-corrected chi connectivity index (χ1v) is 13.7. The van der Waals surface area contributed by atoms with Gasteiger partial charge in [0.05, 0.1) is 11.0 Å². The Bertz CT molecular complexity index is 1630. The molecule has 214 valence electrons. The van der Waals surface area contributed by atoms with Crippen LogP contribution in [0.4, 0.5) is 19.0 Å². The molecule has 3 aliphatic carbocycles. The fourth-order valence-corrected chi connectivity index (χ4v) is 6.89. The standard InChI is InChI=1S/C31H31F3N4O3/c1-28(41,21-4-2-5-22(18-21)31(32,33)34)20-8-6-19(7-9-20)23-24-25(35)36-16-17-38(24)26(37-23)29-10-3-11-30(14-12-29,15-13-29)27(39)40/h2,4-9,16-18,41H,3,10-15H2,1H3,(H2,35,36)(H,39,40). The largest absolute Gasteiger partial charge is 0.481 e. The Morgan fingerprint density at radius 2 is 1.66 bits per heavy atom. The monoisotopic (exact) mass is 564 g/mol. The summed E-state index contributed by atoms with van der Waals surface area (Å²) in [5.41, 5.74) is 5.47. The van der Waals surface area contributed by atoms with Crippen molar-refractivity contribution < 1.29 is 28.2 Å². The lowest BCUT2D eigenvalue weighted by molar-refractivity contribution is -0.151. The Morgan fingerprint density at radius 1 is 0.976 bits per heavy atom. The van der Waals surface area contributed by atoms with Gasteiger partial charge >= 0.3 is 12.1 Å². The molecule has 3 saturated carbocycles. The summed E-state index contributed by atoms with van der Waals surface area (Å²) in [7, 11) is 0. The molecule has 3 fully saturated rings. The van der Waals surface area contributed by atoms with E-state index in [4.69, 9.17) is 10.7 Å². The number of carbonyl (C=O) groups is 1. The van der Waals surface area contributed by atoms with Gasteiger partial charge in [-0.15, -0.1) is 0 Å². The summed E-state index contributed by atoms with van der Waals surface area (Å²) in [6, 6.07) is 11.6. The van der Waals surface area contributed by atoms with Crippen LogP contribution in [0.2, 0.25) is 0 Å². The zero-order valence-electron chi connectivity index (χ0n) is 22.6. The minimum absolute atomic E-state index is 0.130. The van der Waals surface area contributed by atoms with E-state index in [0.29, 0.717) is 41.9 Å². The second-order valence-corrected chi connectivity index (χ2v) is 11.8. The topological polar surface area (TPSA) is 114 Å². The molecule has 10 heteroatoms. The Labute approximate surface area is 234 Å². The van der Waals surface area contributed by atoms with E-state index in [1.165, 1.54) is 19.1 Å². The number of anilines is 1. The number of imidazole rings is 1. The number of hydrogen-bond donors (Lipinski definition) is 3. The molecule has 4 aromatic rings. The van der Waals surface area contributed by atoms with Gasteiger partial charge in [0.15, 0.2) is 0 Å². The summed E-state index contributed by atoms with van der Waals surface area (Å²) < 4.78 is 41.9. The van der Waals surface area contributed by atoms with Crippen molar-refractivity contribution in [2.75, 3.05) is 5.73 Å². The molecule has 7 rings (SSSR count). The highest BCUT2D eigenvalue weighted by atomic mass is 19.4. The molecule has 0 saturated heterocycles. The van der Waals surface area contributed by atoms with Gasteiger partial charge in [-0.25, -0.2) is 9.97 Å². The van der Waals surface area contributed by atoms with Crippen LogP contribution >= 0.6 is 0 Å². The maximum atomic E-state index is 13.3. The molecule has 0 spiro atoms. The Balaban J connectivity index is 1.39. The van der Waals surface area contributed by atoms with Gasteiger partial charge in [-0.05, 0) is 68.7 Å². The minimum Gasteiger partial charge on any atom is -0.481 e. The van der Waals surface area contributed by atoms with E-state index in [1.807, 2.05) is 10.6 Å². The third-order valence-electron chi connectivity index (χ3n) is 9.46. The average Bonchev–Trinajstić information content (AvgIpc) is 3.12. The molecule has 2 bridgehead atoms. The summed E-state index contributed by atoms with van der Waals surface area (Å²) in [5.74, 6) is 0.441. The molecule has 4 N–H and O–H groups in total. The van der Waals surface area contributed by atoms with Crippen molar-refractivity contribution in [3.63, 3.8) is 0 Å².